The van der Waals surface area contributed by atoms with Crippen molar-refractivity contribution in [1.29, 1.82) is 0 Å². The lowest BCUT2D eigenvalue weighted by atomic mass is 10.2. The first-order chi connectivity index (χ1) is 11.1. The molecule has 1 fully saturated rings. The Morgan fingerprint density at radius 3 is 2.70 bits per heavy atom. The molecule has 3 rings (SSSR count). The summed E-state index contributed by atoms with van der Waals surface area (Å²) in [6.07, 6.45) is -0.0234. The SMILES string of the molecule is COc1cccc(NC2CC(=O)N(c3ccccc3F)C2=O)c1. The Labute approximate surface area is 132 Å². The van der Waals surface area contributed by atoms with Gasteiger partial charge in [0.25, 0.3) is 5.91 Å². The van der Waals surface area contributed by atoms with Crippen LogP contribution in [0.15, 0.2) is 48.5 Å². The van der Waals surface area contributed by atoms with Crippen molar-refractivity contribution in [1.82, 2.24) is 0 Å². The molecule has 0 saturated carbocycles. The van der Waals surface area contributed by atoms with E-state index in [9.17, 15) is 14.0 Å². The standard InChI is InChI=1S/C17H15FN2O3/c1-23-12-6-4-5-11(9-12)19-14-10-16(21)20(17(14)22)15-8-3-2-7-13(15)18/h2-9,14,19H,10H2,1H3. The molecule has 1 unspecified atom stereocenters. The highest BCUT2D eigenvalue weighted by molar-refractivity contribution is 6.23. The fourth-order valence-corrected chi connectivity index (χ4v) is 2.54. The van der Waals surface area contributed by atoms with Crippen LogP contribution < -0.4 is 15.0 Å². The number of rotatable bonds is 4. The van der Waals surface area contributed by atoms with Crippen LogP contribution in [0.25, 0.3) is 0 Å². The second kappa shape index (κ2) is 6.08. The quantitative estimate of drug-likeness (QED) is 0.881. The second-order valence-electron chi connectivity index (χ2n) is 5.15. The van der Waals surface area contributed by atoms with Crippen LogP contribution in [0.1, 0.15) is 6.42 Å². The molecule has 0 spiro atoms. The Balaban J connectivity index is 1.82. The molecule has 118 valence electrons. The van der Waals surface area contributed by atoms with Crippen LogP contribution >= 0.6 is 0 Å². The molecule has 0 bridgehead atoms. The summed E-state index contributed by atoms with van der Waals surface area (Å²) in [5, 5.41) is 3.00. The van der Waals surface area contributed by atoms with Gasteiger partial charge in [-0.2, -0.15) is 0 Å². The predicted molar refractivity (Wildman–Crippen MR) is 83.9 cm³/mol. The van der Waals surface area contributed by atoms with E-state index < -0.39 is 23.7 Å². The zero-order valence-corrected chi connectivity index (χ0v) is 12.5. The minimum Gasteiger partial charge on any atom is -0.497 e. The number of hydrogen-bond donors (Lipinski definition) is 1. The van der Waals surface area contributed by atoms with E-state index in [0.717, 1.165) is 4.90 Å². The van der Waals surface area contributed by atoms with E-state index >= 15 is 0 Å². The highest BCUT2D eigenvalue weighted by Crippen LogP contribution is 2.27. The van der Waals surface area contributed by atoms with E-state index in [4.69, 9.17) is 4.74 Å². The topological polar surface area (TPSA) is 58.6 Å². The number of halogens is 1. The minimum absolute atomic E-state index is 0.0163. The van der Waals surface area contributed by atoms with E-state index in [1.165, 1.54) is 18.2 Å². The summed E-state index contributed by atoms with van der Waals surface area (Å²) in [6, 6.07) is 12.1. The first-order valence-corrected chi connectivity index (χ1v) is 7.12. The molecular weight excluding hydrogens is 299 g/mol. The van der Waals surface area contributed by atoms with Gasteiger partial charge < -0.3 is 10.1 Å². The third kappa shape index (κ3) is 2.88. The maximum Gasteiger partial charge on any atom is 0.256 e. The monoisotopic (exact) mass is 314 g/mol. The summed E-state index contributed by atoms with van der Waals surface area (Å²) >= 11 is 0. The number of nitrogens with one attached hydrogen (secondary N) is 1. The molecule has 1 N–H and O–H groups in total. The molecule has 1 atom stereocenters. The number of hydrogen-bond acceptors (Lipinski definition) is 4. The van der Waals surface area contributed by atoms with Gasteiger partial charge in [0.05, 0.1) is 19.2 Å². The molecule has 2 aromatic rings. The Kier molecular flexibility index (Phi) is 3.97. The van der Waals surface area contributed by atoms with Crippen LogP contribution in [0, 0.1) is 5.82 Å². The van der Waals surface area contributed by atoms with Gasteiger partial charge in [0.1, 0.15) is 17.6 Å². The number of amides is 2. The normalized spacial score (nSPS) is 17.5. The highest BCUT2D eigenvalue weighted by atomic mass is 19.1. The second-order valence-corrected chi connectivity index (χ2v) is 5.15. The highest BCUT2D eigenvalue weighted by Gasteiger charge is 2.40. The minimum atomic E-state index is -0.728. The van der Waals surface area contributed by atoms with Crippen LogP contribution in [0.5, 0.6) is 5.75 Å². The van der Waals surface area contributed by atoms with Crippen molar-refractivity contribution >= 4 is 23.2 Å². The van der Waals surface area contributed by atoms with Crippen LogP contribution in [-0.2, 0) is 9.59 Å². The van der Waals surface area contributed by atoms with E-state index in [1.54, 1.807) is 37.4 Å². The number of imide groups is 1. The number of ether oxygens (including phenoxy) is 1. The molecule has 2 aromatic carbocycles. The molecule has 5 nitrogen and oxygen atoms in total. The Hall–Kier alpha value is -2.89. The van der Waals surface area contributed by atoms with E-state index in [0.29, 0.717) is 11.4 Å². The van der Waals surface area contributed by atoms with Crippen molar-refractivity contribution < 1.29 is 18.7 Å². The Morgan fingerprint density at radius 1 is 1.17 bits per heavy atom. The molecule has 0 radical (unpaired) electrons. The maximum atomic E-state index is 13.9. The third-order valence-electron chi connectivity index (χ3n) is 3.65. The number of nitrogens with zero attached hydrogens (tertiary/aromatic N) is 1. The van der Waals surface area contributed by atoms with Crippen LogP contribution in [0.3, 0.4) is 0 Å². The molecule has 1 heterocycles. The molecule has 1 aliphatic heterocycles. The number of carbonyl (C=O) groups is 2. The average Bonchev–Trinajstić information content (AvgIpc) is 2.82. The molecule has 0 aliphatic carbocycles. The largest absolute Gasteiger partial charge is 0.497 e. The lowest BCUT2D eigenvalue weighted by Gasteiger charge is -2.16. The van der Waals surface area contributed by atoms with Gasteiger partial charge in [-0.25, -0.2) is 9.29 Å². The van der Waals surface area contributed by atoms with Crippen molar-refractivity contribution in [3.63, 3.8) is 0 Å². The van der Waals surface area contributed by atoms with Crippen LogP contribution in [0.4, 0.5) is 15.8 Å². The molecule has 2 amide bonds. The van der Waals surface area contributed by atoms with E-state index in [2.05, 4.69) is 5.32 Å². The summed E-state index contributed by atoms with van der Waals surface area (Å²) < 4.78 is 19.0. The summed E-state index contributed by atoms with van der Waals surface area (Å²) in [5.41, 5.74) is 0.642. The van der Waals surface area contributed by atoms with Gasteiger partial charge >= 0.3 is 0 Å². The first kappa shape index (κ1) is 15.0. The molecule has 0 aromatic heterocycles. The molecule has 1 saturated heterocycles. The smallest absolute Gasteiger partial charge is 0.256 e. The molecule has 1 aliphatic rings. The number of para-hydroxylation sites is 1. The zero-order valence-electron chi connectivity index (χ0n) is 12.5. The van der Waals surface area contributed by atoms with Crippen molar-refractivity contribution in [3.05, 3.63) is 54.3 Å². The molecular formula is C17H15FN2O3. The van der Waals surface area contributed by atoms with Crippen LogP contribution in [-0.4, -0.2) is 25.0 Å². The van der Waals surface area contributed by atoms with Gasteiger partial charge in [-0.05, 0) is 24.3 Å². The zero-order chi connectivity index (χ0) is 16.4. The summed E-state index contributed by atoms with van der Waals surface area (Å²) in [5.74, 6) is -0.864. The van der Waals surface area contributed by atoms with Gasteiger partial charge in [-0.1, -0.05) is 18.2 Å². The van der Waals surface area contributed by atoms with E-state index in [1.807, 2.05) is 0 Å². The first-order valence-electron chi connectivity index (χ1n) is 7.12. The number of carbonyl (C=O) groups excluding carboxylic acids is 2. The van der Waals surface area contributed by atoms with Crippen LogP contribution in [0.2, 0.25) is 0 Å². The van der Waals surface area contributed by atoms with Crippen molar-refractivity contribution in [3.8, 4) is 5.75 Å². The lowest BCUT2D eigenvalue weighted by molar-refractivity contribution is -0.121. The maximum absolute atomic E-state index is 13.9. The Bertz CT molecular complexity index is 763. The molecule has 6 heteroatoms. The average molecular weight is 314 g/mol. The Morgan fingerprint density at radius 2 is 1.96 bits per heavy atom. The number of methoxy groups -OCH3 is 1. The van der Waals surface area contributed by atoms with Gasteiger partial charge in [-0.15, -0.1) is 0 Å². The fraction of sp³-hybridized carbons (Fsp3) is 0.176. The van der Waals surface area contributed by atoms with Gasteiger partial charge in [0.2, 0.25) is 5.91 Å². The van der Waals surface area contributed by atoms with Crippen molar-refractivity contribution in [2.45, 2.75) is 12.5 Å². The number of anilines is 2. The van der Waals surface area contributed by atoms with Gasteiger partial charge in [0.15, 0.2) is 0 Å². The fourth-order valence-electron chi connectivity index (χ4n) is 2.54. The summed E-state index contributed by atoms with van der Waals surface area (Å²) in [7, 11) is 1.54. The van der Waals surface area contributed by atoms with Crippen molar-refractivity contribution in [2.24, 2.45) is 0 Å². The predicted octanol–water partition coefficient (Wildman–Crippen LogP) is 2.58. The van der Waals surface area contributed by atoms with Gasteiger partial charge in [-0.3, -0.25) is 9.59 Å². The molecule has 23 heavy (non-hydrogen) atoms. The summed E-state index contributed by atoms with van der Waals surface area (Å²) in [6.45, 7) is 0. The van der Waals surface area contributed by atoms with Crippen molar-refractivity contribution in [2.75, 3.05) is 17.3 Å². The number of benzene rings is 2. The van der Waals surface area contributed by atoms with Gasteiger partial charge in [0, 0.05) is 11.8 Å². The third-order valence-corrected chi connectivity index (χ3v) is 3.65. The summed E-state index contributed by atoms with van der Waals surface area (Å²) in [4.78, 5) is 25.5. The van der Waals surface area contributed by atoms with E-state index in [-0.39, 0.29) is 12.1 Å². The lowest BCUT2D eigenvalue weighted by Crippen LogP contribution is -2.35.